The van der Waals surface area contributed by atoms with Gasteiger partial charge in [-0.1, -0.05) is 49.0 Å². The molecule has 2 atom stereocenters. The molecule has 0 unspecified atom stereocenters. The largest absolute Gasteiger partial charge is 0.335 e. The van der Waals surface area contributed by atoms with E-state index in [4.69, 9.17) is 0 Å². The number of nitrogens with zero attached hydrogens (tertiary/aromatic N) is 3. The average Bonchev–Trinajstić information content (AvgIpc) is 3.35. The Morgan fingerprint density at radius 2 is 2.03 bits per heavy atom. The van der Waals surface area contributed by atoms with E-state index in [1.807, 2.05) is 39.0 Å². The zero-order valence-electron chi connectivity index (χ0n) is 18.4. The lowest BCUT2D eigenvalue weighted by Gasteiger charge is -2.33. The molecule has 6 nitrogen and oxygen atoms in total. The van der Waals surface area contributed by atoms with Crippen LogP contribution in [0.15, 0.2) is 41.4 Å². The van der Waals surface area contributed by atoms with Crippen LogP contribution in [0.2, 0.25) is 0 Å². The van der Waals surface area contributed by atoms with Gasteiger partial charge in [0.25, 0.3) is 0 Å². The molecule has 3 heterocycles. The van der Waals surface area contributed by atoms with Gasteiger partial charge in [0, 0.05) is 22.3 Å². The molecule has 1 saturated heterocycles. The molecule has 32 heavy (non-hydrogen) atoms. The maximum absolute atomic E-state index is 13.2. The van der Waals surface area contributed by atoms with Crippen molar-refractivity contribution in [3.05, 3.63) is 42.2 Å². The number of carbonyl (C=O) groups excluding carboxylic acids is 1. The molecule has 0 saturated carbocycles. The first-order valence-electron chi connectivity index (χ1n) is 10.8. The third-order valence-electron chi connectivity index (χ3n) is 5.82. The highest BCUT2D eigenvalue weighted by atomic mass is 32.2. The third-order valence-corrected chi connectivity index (χ3v) is 9.62. The van der Waals surface area contributed by atoms with Crippen LogP contribution in [0, 0.1) is 6.92 Å². The van der Waals surface area contributed by atoms with Crippen LogP contribution in [0.25, 0.3) is 20.7 Å². The molecule has 0 radical (unpaired) electrons. The van der Waals surface area contributed by atoms with Crippen molar-refractivity contribution >= 4 is 49.1 Å². The summed E-state index contributed by atoms with van der Waals surface area (Å²) in [6, 6.07) is 12.0. The molecule has 4 rings (SSSR count). The van der Waals surface area contributed by atoms with Gasteiger partial charge in [0.2, 0.25) is 5.91 Å². The Labute approximate surface area is 197 Å². The summed E-state index contributed by atoms with van der Waals surface area (Å²) in [5.41, 5.74) is 1.13. The fourth-order valence-electron chi connectivity index (χ4n) is 4.06. The third kappa shape index (κ3) is 5.00. The molecule has 1 aliphatic rings. The van der Waals surface area contributed by atoms with Crippen LogP contribution >= 0.6 is 23.1 Å². The van der Waals surface area contributed by atoms with E-state index in [1.54, 1.807) is 16.2 Å². The second-order valence-electron chi connectivity index (χ2n) is 8.18. The minimum atomic E-state index is -3.06. The zero-order chi connectivity index (χ0) is 22.9. The summed E-state index contributed by atoms with van der Waals surface area (Å²) in [4.78, 5) is 26.3. The molecule has 0 N–H and O–H groups in total. The van der Waals surface area contributed by atoms with Crippen molar-refractivity contribution in [2.45, 2.75) is 50.7 Å². The van der Waals surface area contributed by atoms with Gasteiger partial charge in [0.15, 0.2) is 9.84 Å². The van der Waals surface area contributed by atoms with Crippen molar-refractivity contribution in [1.29, 1.82) is 0 Å². The maximum Gasteiger partial charge on any atom is 0.233 e. The monoisotopic (exact) mass is 489 g/mol. The Balaban J connectivity index is 1.57. The van der Waals surface area contributed by atoms with Crippen LogP contribution in [0.5, 0.6) is 0 Å². The molecule has 3 aromatic rings. The molecule has 2 aromatic heterocycles. The second-order valence-corrected chi connectivity index (χ2v) is 12.4. The number of aromatic nitrogens is 2. The molecule has 0 bridgehead atoms. The number of amides is 1. The Morgan fingerprint density at radius 1 is 1.28 bits per heavy atom. The molecule has 1 aromatic carbocycles. The van der Waals surface area contributed by atoms with E-state index in [0.29, 0.717) is 12.2 Å². The number of thioether (sulfide) groups is 1. The van der Waals surface area contributed by atoms with Gasteiger partial charge in [-0.15, -0.1) is 11.3 Å². The van der Waals surface area contributed by atoms with E-state index in [2.05, 4.69) is 28.2 Å². The number of hydrogen-bond acceptors (Lipinski definition) is 7. The number of carbonyl (C=O) groups is 1. The smallest absolute Gasteiger partial charge is 0.233 e. The number of sulfone groups is 1. The maximum atomic E-state index is 13.2. The molecule has 1 amide bonds. The van der Waals surface area contributed by atoms with Gasteiger partial charge in [-0.2, -0.15) is 0 Å². The topological polar surface area (TPSA) is 80.2 Å². The van der Waals surface area contributed by atoms with Crippen LogP contribution in [-0.4, -0.2) is 58.5 Å². The summed E-state index contributed by atoms with van der Waals surface area (Å²) in [5, 5.41) is 1.75. The molecule has 0 aliphatic carbocycles. The van der Waals surface area contributed by atoms with Crippen molar-refractivity contribution in [3.8, 4) is 10.4 Å². The predicted molar refractivity (Wildman–Crippen MR) is 132 cm³/mol. The number of benzene rings is 1. The van der Waals surface area contributed by atoms with Crippen molar-refractivity contribution in [3.63, 3.8) is 0 Å². The lowest BCUT2D eigenvalue weighted by molar-refractivity contribution is -0.132. The van der Waals surface area contributed by atoms with E-state index in [1.165, 1.54) is 11.8 Å². The van der Waals surface area contributed by atoms with E-state index in [-0.39, 0.29) is 35.2 Å². The van der Waals surface area contributed by atoms with Gasteiger partial charge in [-0.25, -0.2) is 18.4 Å². The lowest BCUT2D eigenvalue weighted by Crippen LogP contribution is -2.47. The number of thiophene rings is 1. The highest BCUT2D eigenvalue weighted by Crippen LogP contribution is 2.37. The zero-order valence-corrected chi connectivity index (χ0v) is 20.9. The van der Waals surface area contributed by atoms with E-state index >= 15 is 0 Å². The van der Waals surface area contributed by atoms with E-state index in [0.717, 1.165) is 32.1 Å². The van der Waals surface area contributed by atoms with Gasteiger partial charge < -0.3 is 4.90 Å². The molecule has 9 heteroatoms. The van der Waals surface area contributed by atoms with Gasteiger partial charge in [-0.3, -0.25) is 4.79 Å². The summed E-state index contributed by atoms with van der Waals surface area (Å²) in [6.07, 6.45) is 1.31. The molecular weight excluding hydrogens is 462 g/mol. The summed E-state index contributed by atoms with van der Waals surface area (Å²) in [5.74, 6) is 1.09. The number of rotatable bonds is 7. The SMILES string of the molecule is CC[C@H](C)N(C(=O)CSc1nc(C)nc2sc(-c3ccccc3)cc12)[C@@H]1CCS(=O)(=O)C1. The highest BCUT2D eigenvalue weighted by Gasteiger charge is 2.36. The normalized spacial score (nSPS) is 18.7. The molecule has 1 aliphatic heterocycles. The average molecular weight is 490 g/mol. The molecule has 0 spiro atoms. The minimum absolute atomic E-state index is 0.000569. The first-order chi connectivity index (χ1) is 15.3. The Hall–Kier alpha value is -1.97. The molecule has 1 fully saturated rings. The summed E-state index contributed by atoms with van der Waals surface area (Å²) < 4.78 is 24.0. The van der Waals surface area contributed by atoms with Crippen LogP contribution in [-0.2, 0) is 14.6 Å². The summed E-state index contributed by atoms with van der Waals surface area (Å²) in [6.45, 7) is 5.88. The Morgan fingerprint density at radius 3 is 2.69 bits per heavy atom. The quantitative estimate of drug-likeness (QED) is 0.357. The van der Waals surface area contributed by atoms with Crippen LogP contribution in [0.4, 0.5) is 0 Å². The Bertz CT molecular complexity index is 1230. The van der Waals surface area contributed by atoms with E-state index in [9.17, 15) is 13.2 Å². The van der Waals surface area contributed by atoms with Crippen LogP contribution < -0.4 is 0 Å². The van der Waals surface area contributed by atoms with Gasteiger partial charge in [-0.05, 0) is 38.3 Å². The van der Waals surface area contributed by atoms with E-state index < -0.39 is 9.84 Å². The standard InChI is InChI=1S/C23H27N3O3S3/c1-4-15(2)26(18-10-11-32(28,29)14-18)21(27)13-30-22-19-12-20(17-8-6-5-7-9-17)31-23(19)25-16(3)24-22/h5-9,12,15,18H,4,10-11,13-14H2,1-3H3/t15-,18+/m0/s1. The number of aryl methyl sites for hydroxylation is 1. The predicted octanol–water partition coefficient (Wildman–Crippen LogP) is 4.57. The van der Waals surface area contributed by atoms with Crippen molar-refractivity contribution in [1.82, 2.24) is 14.9 Å². The van der Waals surface area contributed by atoms with Gasteiger partial charge >= 0.3 is 0 Å². The lowest BCUT2D eigenvalue weighted by atomic mass is 10.1. The second kappa shape index (κ2) is 9.49. The summed E-state index contributed by atoms with van der Waals surface area (Å²) in [7, 11) is -3.06. The van der Waals surface area contributed by atoms with Crippen molar-refractivity contribution < 1.29 is 13.2 Å². The first kappa shape index (κ1) is 23.2. The summed E-state index contributed by atoms with van der Waals surface area (Å²) >= 11 is 3.03. The number of hydrogen-bond donors (Lipinski definition) is 0. The Kier molecular flexibility index (Phi) is 6.88. The molecular formula is C23H27N3O3S3. The van der Waals surface area contributed by atoms with Gasteiger partial charge in [0.1, 0.15) is 15.7 Å². The molecule has 170 valence electrons. The van der Waals surface area contributed by atoms with Crippen molar-refractivity contribution in [2.75, 3.05) is 17.3 Å². The highest BCUT2D eigenvalue weighted by molar-refractivity contribution is 8.00. The number of fused-ring (bicyclic) bond motifs is 1. The van der Waals surface area contributed by atoms with Crippen LogP contribution in [0.1, 0.15) is 32.5 Å². The minimum Gasteiger partial charge on any atom is -0.335 e. The first-order valence-corrected chi connectivity index (χ1v) is 14.4. The fraction of sp³-hybridized carbons (Fsp3) is 0.435. The van der Waals surface area contributed by atoms with Gasteiger partial charge in [0.05, 0.1) is 17.3 Å². The fourth-order valence-corrected chi connectivity index (χ4v) is 7.83. The van der Waals surface area contributed by atoms with Crippen LogP contribution in [0.3, 0.4) is 0 Å². The van der Waals surface area contributed by atoms with Crippen molar-refractivity contribution in [2.24, 2.45) is 0 Å².